The quantitative estimate of drug-likeness (QED) is 0.618. The topological polar surface area (TPSA) is 37.4 Å². The Hall–Kier alpha value is -1.88. The van der Waals surface area contributed by atoms with Gasteiger partial charge in [0.25, 0.3) is 11.8 Å². The van der Waals surface area contributed by atoms with E-state index in [0.717, 1.165) is 4.90 Å². The molecule has 0 atom stereocenters. The number of carbonyl (C=O) groups is 2. The summed E-state index contributed by atoms with van der Waals surface area (Å²) in [7, 11) is 0. The predicted molar refractivity (Wildman–Crippen MR) is 78.4 cm³/mol. The first kappa shape index (κ1) is 14.5. The minimum Gasteiger partial charge on any atom is -0.270 e. The van der Waals surface area contributed by atoms with Gasteiger partial charge < -0.3 is 0 Å². The number of hydrogen-bond donors (Lipinski definition) is 0. The van der Waals surface area contributed by atoms with Crippen LogP contribution < -0.4 is 0 Å². The van der Waals surface area contributed by atoms with Crippen molar-refractivity contribution in [1.29, 1.82) is 0 Å². The monoisotopic (exact) mass is 291 g/mol. The van der Waals surface area contributed by atoms with E-state index in [-0.39, 0.29) is 24.2 Å². The van der Waals surface area contributed by atoms with Crippen molar-refractivity contribution < 1.29 is 14.0 Å². The largest absolute Gasteiger partial charge is 0.270 e. The molecule has 0 saturated carbocycles. The molecule has 2 amide bonds. The number of benzene rings is 1. The van der Waals surface area contributed by atoms with Crippen LogP contribution >= 0.6 is 11.8 Å². The highest BCUT2D eigenvalue weighted by atomic mass is 32.2. The highest BCUT2D eigenvalue weighted by Gasteiger charge is 2.38. The van der Waals surface area contributed by atoms with Crippen molar-refractivity contribution in [2.45, 2.75) is 6.92 Å². The van der Waals surface area contributed by atoms with Crippen LogP contribution in [0.25, 0.3) is 5.57 Å². The molecule has 1 heterocycles. The van der Waals surface area contributed by atoms with Gasteiger partial charge in [0, 0.05) is 6.54 Å². The summed E-state index contributed by atoms with van der Waals surface area (Å²) in [6.45, 7) is 5.64. The van der Waals surface area contributed by atoms with Gasteiger partial charge in [-0.05, 0) is 23.4 Å². The van der Waals surface area contributed by atoms with E-state index in [1.54, 1.807) is 0 Å². The van der Waals surface area contributed by atoms with Crippen LogP contribution in [0.15, 0.2) is 41.8 Å². The standard InChI is InChI=1S/C15H14FNO2S/c1-3-9-17-14(18)12(13(15(17)19)20-4-2)10-5-7-11(16)8-6-10/h3,5-8H,1,4,9H2,2H3. The molecule has 1 aromatic carbocycles. The molecule has 2 rings (SSSR count). The SMILES string of the molecule is C=CCN1C(=O)C(SCC)=C(c2ccc(F)cc2)C1=O. The number of halogens is 1. The summed E-state index contributed by atoms with van der Waals surface area (Å²) in [4.78, 5) is 26.2. The molecule has 20 heavy (non-hydrogen) atoms. The zero-order chi connectivity index (χ0) is 14.7. The van der Waals surface area contributed by atoms with Gasteiger partial charge in [-0.1, -0.05) is 25.1 Å². The van der Waals surface area contributed by atoms with Crippen molar-refractivity contribution in [1.82, 2.24) is 4.90 Å². The molecule has 0 fully saturated rings. The lowest BCUT2D eigenvalue weighted by Crippen LogP contribution is -2.31. The van der Waals surface area contributed by atoms with Crippen LogP contribution in [-0.2, 0) is 9.59 Å². The molecular formula is C15H14FNO2S. The average molecular weight is 291 g/mol. The predicted octanol–water partition coefficient (Wildman–Crippen LogP) is 2.84. The van der Waals surface area contributed by atoms with Gasteiger partial charge in [-0.2, -0.15) is 0 Å². The lowest BCUT2D eigenvalue weighted by Gasteiger charge is -2.11. The van der Waals surface area contributed by atoms with Crippen molar-refractivity contribution in [3.63, 3.8) is 0 Å². The molecule has 1 aliphatic heterocycles. The van der Waals surface area contributed by atoms with Crippen molar-refractivity contribution >= 4 is 29.1 Å². The summed E-state index contributed by atoms with van der Waals surface area (Å²) in [6.07, 6.45) is 1.51. The van der Waals surface area contributed by atoms with E-state index in [4.69, 9.17) is 0 Å². The Labute approximate surface area is 121 Å². The number of hydrogen-bond acceptors (Lipinski definition) is 3. The van der Waals surface area contributed by atoms with Crippen LogP contribution in [0.3, 0.4) is 0 Å². The van der Waals surface area contributed by atoms with E-state index < -0.39 is 0 Å². The molecule has 3 nitrogen and oxygen atoms in total. The highest BCUT2D eigenvalue weighted by molar-refractivity contribution is 8.04. The molecule has 0 aliphatic carbocycles. The minimum absolute atomic E-state index is 0.177. The number of amides is 2. The fourth-order valence-corrected chi connectivity index (χ4v) is 2.87. The molecule has 0 radical (unpaired) electrons. The summed E-state index contributed by atoms with van der Waals surface area (Å²) >= 11 is 1.33. The number of carbonyl (C=O) groups excluding carboxylic acids is 2. The molecule has 0 N–H and O–H groups in total. The first-order valence-electron chi connectivity index (χ1n) is 6.20. The van der Waals surface area contributed by atoms with Crippen LogP contribution in [0.1, 0.15) is 12.5 Å². The Morgan fingerprint density at radius 1 is 1.25 bits per heavy atom. The van der Waals surface area contributed by atoms with Gasteiger partial charge in [0.2, 0.25) is 0 Å². The maximum Gasteiger partial charge on any atom is 0.268 e. The third-order valence-corrected chi connectivity index (χ3v) is 3.81. The first-order chi connectivity index (χ1) is 9.60. The van der Waals surface area contributed by atoms with Gasteiger partial charge in [0.15, 0.2) is 0 Å². The maximum atomic E-state index is 13.0. The van der Waals surface area contributed by atoms with Crippen LogP contribution in [-0.4, -0.2) is 29.0 Å². The smallest absolute Gasteiger partial charge is 0.268 e. The fourth-order valence-electron chi connectivity index (χ4n) is 2.00. The van der Waals surface area contributed by atoms with E-state index in [9.17, 15) is 14.0 Å². The van der Waals surface area contributed by atoms with Crippen molar-refractivity contribution in [3.8, 4) is 0 Å². The van der Waals surface area contributed by atoms with Crippen molar-refractivity contribution in [3.05, 3.63) is 53.2 Å². The van der Waals surface area contributed by atoms with E-state index in [0.29, 0.717) is 21.8 Å². The molecule has 1 aliphatic rings. The summed E-state index contributed by atoms with van der Waals surface area (Å²) < 4.78 is 13.0. The molecule has 5 heteroatoms. The van der Waals surface area contributed by atoms with Crippen LogP contribution in [0.4, 0.5) is 4.39 Å². The number of rotatable bonds is 5. The second-order valence-electron chi connectivity index (χ2n) is 4.15. The number of nitrogens with zero attached hydrogens (tertiary/aromatic N) is 1. The second kappa shape index (κ2) is 6.05. The van der Waals surface area contributed by atoms with Gasteiger partial charge in [0.1, 0.15) is 5.82 Å². The van der Waals surface area contributed by atoms with E-state index in [1.165, 1.54) is 42.1 Å². The summed E-state index contributed by atoms with van der Waals surface area (Å²) in [5.41, 5.74) is 0.913. The Kier molecular flexibility index (Phi) is 4.39. The average Bonchev–Trinajstić information content (AvgIpc) is 2.66. The summed E-state index contributed by atoms with van der Waals surface area (Å²) in [5.74, 6) is -0.349. The van der Waals surface area contributed by atoms with Crippen LogP contribution in [0.2, 0.25) is 0 Å². The zero-order valence-corrected chi connectivity index (χ0v) is 11.9. The number of thioether (sulfide) groups is 1. The first-order valence-corrected chi connectivity index (χ1v) is 7.18. The van der Waals surface area contributed by atoms with Crippen molar-refractivity contribution in [2.24, 2.45) is 0 Å². The Morgan fingerprint density at radius 3 is 2.45 bits per heavy atom. The summed E-state index contributed by atoms with van der Waals surface area (Å²) in [6, 6.07) is 5.60. The minimum atomic E-state index is -0.376. The summed E-state index contributed by atoms with van der Waals surface area (Å²) in [5, 5.41) is 0. The number of imide groups is 1. The lowest BCUT2D eigenvalue weighted by atomic mass is 10.1. The van der Waals surface area contributed by atoms with Gasteiger partial charge in [-0.15, -0.1) is 18.3 Å². The molecule has 104 valence electrons. The Bertz CT molecular complexity index is 592. The second-order valence-corrected chi connectivity index (χ2v) is 5.43. The Morgan fingerprint density at radius 2 is 1.90 bits per heavy atom. The van der Waals surface area contributed by atoms with E-state index in [2.05, 4.69) is 6.58 Å². The lowest BCUT2D eigenvalue weighted by molar-refractivity contribution is -0.135. The zero-order valence-electron chi connectivity index (χ0n) is 11.1. The van der Waals surface area contributed by atoms with Gasteiger partial charge >= 0.3 is 0 Å². The third kappa shape index (κ3) is 2.54. The maximum absolute atomic E-state index is 13.0. The molecule has 1 aromatic rings. The normalized spacial score (nSPS) is 15.2. The molecule has 0 spiro atoms. The fraction of sp³-hybridized carbons (Fsp3) is 0.200. The Balaban J connectivity index is 2.49. The third-order valence-electron chi connectivity index (χ3n) is 2.86. The highest BCUT2D eigenvalue weighted by Crippen LogP contribution is 2.35. The van der Waals surface area contributed by atoms with Crippen LogP contribution in [0.5, 0.6) is 0 Å². The van der Waals surface area contributed by atoms with E-state index >= 15 is 0 Å². The van der Waals surface area contributed by atoms with Gasteiger partial charge in [-0.3, -0.25) is 14.5 Å². The molecule has 0 bridgehead atoms. The molecule has 0 aromatic heterocycles. The molecular weight excluding hydrogens is 277 g/mol. The van der Waals surface area contributed by atoms with Crippen molar-refractivity contribution in [2.75, 3.05) is 12.3 Å². The van der Waals surface area contributed by atoms with Gasteiger partial charge in [-0.25, -0.2) is 4.39 Å². The van der Waals surface area contributed by atoms with Gasteiger partial charge in [0.05, 0.1) is 10.5 Å². The molecule has 0 unspecified atom stereocenters. The van der Waals surface area contributed by atoms with E-state index in [1.807, 2.05) is 6.92 Å². The van der Waals surface area contributed by atoms with Crippen LogP contribution in [0, 0.1) is 5.82 Å². The molecule has 0 saturated heterocycles.